The van der Waals surface area contributed by atoms with Crippen LogP contribution >= 0.6 is 0 Å². The highest BCUT2D eigenvalue weighted by molar-refractivity contribution is 7.73. The minimum Gasteiger partial charge on any atom is -0.495 e. The molecule has 1 N–H and O–H groups in total. The van der Waals surface area contributed by atoms with Gasteiger partial charge in [0.05, 0.1) is 7.11 Å². The largest absolute Gasteiger partial charge is 0.495 e. The fourth-order valence-corrected chi connectivity index (χ4v) is 1.83. The van der Waals surface area contributed by atoms with Crippen LogP contribution in [0.5, 0.6) is 0 Å². The van der Waals surface area contributed by atoms with Crippen molar-refractivity contribution in [2.45, 2.75) is 0 Å². The highest BCUT2D eigenvalue weighted by Gasteiger charge is 2.28. The van der Waals surface area contributed by atoms with Crippen LogP contribution in [0.1, 0.15) is 0 Å². The first kappa shape index (κ1) is 10.5. The molecular weight excluding hydrogens is 208 g/mol. The Bertz CT molecular complexity index is 432. The third-order valence-corrected chi connectivity index (χ3v) is 2.56. The highest BCUT2D eigenvalue weighted by atomic mass is 32.2. The first-order valence-electron chi connectivity index (χ1n) is 3.69. The maximum absolute atomic E-state index is 10.8. The first-order chi connectivity index (χ1) is 6.57. The van der Waals surface area contributed by atoms with Crippen LogP contribution in [0.3, 0.4) is 0 Å². The van der Waals surface area contributed by atoms with E-state index >= 15 is 0 Å². The molecule has 1 atom stereocenters. The number of carboxylic acid groups (broad SMARTS) is 1. The van der Waals surface area contributed by atoms with E-state index in [1.165, 1.54) is 25.3 Å². The van der Waals surface area contributed by atoms with Gasteiger partial charge in [0.15, 0.2) is 0 Å². The van der Waals surface area contributed by atoms with Crippen LogP contribution in [0.15, 0.2) is 24.0 Å². The van der Waals surface area contributed by atoms with E-state index in [9.17, 15) is 13.2 Å². The van der Waals surface area contributed by atoms with Gasteiger partial charge in [0.25, 0.3) is 0 Å². The van der Waals surface area contributed by atoms with Gasteiger partial charge in [0.2, 0.25) is 10.3 Å². The van der Waals surface area contributed by atoms with Crippen LogP contribution < -0.4 is 0 Å². The van der Waals surface area contributed by atoms with Crippen LogP contribution in [0.4, 0.5) is 0 Å². The van der Waals surface area contributed by atoms with Crippen LogP contribution in [0.2, 0.25) is 0 Å². The number of methoxy groups -OCH3 is 1. The van der Waals surface area contributed by atoms with E-state index in [1.807, 2.05) is 0 Å². The average Bonchev–Trinajstić information content (AvgIpc) is 2.16. The van der Waals surface area contributed by atoms with Gasteiger partial charge in [-0.1, -0.05) is 12.2 Å². The summed E-state index contributed by atoms with van der Waals surface area (Å²) in [6.07, 6.45) is 4.15. The molecule has 0 aromatic heterocycles. The minimum atomic E-state index is -2.59. The molecular formula is C8H8O5S. The Morgan fingerprint density at radius 1 is 1.57 bits per heavy atom. The molecule has 0 bridgehead atoms. The Kier molecular flexibility index (Phi) is 3.08. The lowest BCUT2D eigenvalue weighted by molar-refractivity contribution is -0.138. The van der Waals surface area contributed by atoms with Crippen LogP contribution in [-0.4, -0.2) is 31.5 Å². The van der Waals surface area contributed by atoms with Gasteiger partial charge in [-0.05, 0) is 6.08 Å². The predicted molar refractivity (Wildman–Crippen MR) is 49.3 cm³/mol. The summed E-state index contributed by atoms with van der Waals surface area (Å²) in [5, 5.41) is 8.74. The molecule has 0 aromatic rings. The number of carbonyl (C=O) groups is 1. The molecule has 0 fully saturated rings. The number of hydrogen-bond acceptors (Lipinski definition) is 4. The van der Waals surface area contributed by atoms with E-state index in [0.29, 0.717) is 0 Å². The maximum Gasteiger partial charge on any atom is 0.316 e. The van der Waals surface area contributed by atoms with Crippen molar-refractivity contribution in [3.8, 4) is 0 Å². The van der Waals surface area contributed by atoms with Crippen molar-refractivity contribution >= 4 is 21.1 Å². The molecule has 5 nitrogen and oxygen atoms in total. The number of carboxylic acids is 1. The Labute approximate surface area is 81.8 Å². The monoisotopic (exact) mass is 216 g/mol. The zero-order valence-corrected chi connectivity index (χ0v) is 8.11. The predicted octanol–water partition coefficient (Wildman–Crippen LogP) is -0.161. The summed E-state index contributed by atoms with van der Waals surface area (Å²) in [4.78, 5) is 10.5. The Morgan fingerprint density at radius 3 is 2.64 bits per heavy atom. The Morgan fingerprint density at radius 2 is 2.21 bits per heavy atom. The molecule has 0 aromatic carbocycles. The quantitative estimate of drug-likeness (QED) is 0.648. The van der Waals surface area contributed by atoms with Gasteiger partial charge in [0, 0.05) is 0 Å². The highest BCUT2D eigenvalue weighted by Crippen LogP contribution is 2.16. The fourth-order valence-electron chi connectivity index (χ4n) is 1.13. The second-order valence-electron chi connectivity index (χ2n) is 2.53. The molecule has 0 spiro atoms. The first-order valence-corrected chi connectivity index (χ1v) is 4.77. The zero-order valence-electron chi connectivity index (χ0n) is 7.30. The molecule has 0 heterocycles. The minimum absolute atomic E-state index is 0.0632. The molecule has 0 saturated heterocycles. The Hall–Kier alpha value is -1.56. The summed E-state index contributed by atoms with van der Waals surface area (Å²) in [6, 6.07) is 0. The van der Waals surface area contributed by atoms with Crippen molar-refractivity contribution in [3.05, 3.63) is 24.0 Å². The van der Waals surface area contributed by atoms with Crippen LogP contribution in [-0.2, 0) is 19.8 Å². The van der Waals surface area contributed by atoms with Gasteiger partial charge >= 0.3 is 5.97 Å². The van der Waals surface area contributed by atoms with Crippen molar-refractivity contribution in [3.63, 3.8) is 0 Å². The summed E-state index contributed by atoms with van der Waals surface area (Å²) in [7, 11) is -1.30. The molecule has 14 heavy (non-hydrogen) atoms. The summed E-state index contributed by atoms with van der Waals surface area (Å²) in [6.45, 7) is 0. The average molecular weight is 216 g/mol. The van der Waals surface area contributed by atoms with E-state index in [-0.39, 0.29) is 10.6 Å². The molecule has 0 amide bonds. The molecule has 1 aliphatic carbocycles. The molecule has 0 aliphatic heterocycles. The van der Waals surface area contributed by atoms with Gasteiger partial charge in [-0.25, -0.2) is 0 Å². The van der Waals surface area contributed by atoms with Crippen LogP contribution in [0, 0.1) is 5.92 Å². The number of hydrogen-bond donors (Lipinski definition) is 1. The SMILES string of the molecule is COC1=CC=CC(C(=O)O)C1=S(=O)=O. The zero-order chi connectivity index (χ0) is 10.7. The molecule has 0 saturated carbocycles. The molecule has 1 unspecified atom stereocenters. The van der Waals surface area contributed by atoms with Crippen LogP contribution in [0.25, 0.3) is 0 Å². The van der Waals surface area contributed by atoms with Gasteiger partial charge in [0.1, 0.15) is 16.5 Å². The Balaban J connectivity index is 3.30. The van der Waals surface area contributed by atoms with Gasteiger partial charge < -0.3 is 9.84 Å². The lowest BCUT2D eigenvalue weighted by atomic mass is 9.99. The van der Waals surface area contributed by atoms with Crippen molar-refractivity contribution in [2.75, 3.05) is 7.11 Å². The second kappa shape index (κ2) is 4.10. The third kappa shape index (κ3) is 1.85. The van der Waals surface area contributed by atoms with Crippen molar-refractivity contribution in [1.29, 1.82) is 0 Å². The fraction of sp³-hybridized carbons (Fsp3) is 0.250. The van der Waals surface area contributed by atoms with E-state index in [0.717, 1.165) is 0 Å². The topological polar surface area (TPSA) is 80.7 Å². The molecule has 76 valence electrons. The number of ether oxygens (including phenoxy) is 1. The molecule has 1 aliphatic rings. The smallest absolute Gasteiger partial charge is 0.316 e. The normalized spacial score (nSPS) is 20.2. The van der Waals surface area contributed by atoms with Crippen molar-refractivity contribution < 1.29 is 23.1 Å². The lowest BCUT2D eigenvalue weighted by Gasteiger charge is -2.14. The second-order valence-corrected chi connectivity index (χ2v) is 3.44. The van der Waals surface area contributed by atoms with E-state index in [1.54, 1.807) is 0 Å². The summed E-state index contributed by atoms with van der Waals surface area (Å²) < 4.78 is 26.3. The molecule has 0 radical (unpaired) electrons. The summed E-state index contributed by atoms with van der Waals surface area (Å²) in [5.74, 6) is -2.32. The maximum atomic E-state index is 10.8. The molecule has 6 heteroatoms. The van der Waals surface area contributed by atoms with E-state index in [4.69, 9.17) is 9.84 Å². The summed E-state index contributed by atoms with van der Waals surface area (Å²) in [5.41, 5.74) is 0. The van der Waals surface area contributed by atoms with Gasteiger partial charge in [-0.15, -0.1) is 0 Å². The van der Waals surface area contributed by atoms with E-state index < -0.39 is 22.2 Å². The van der Waals surface area contributed by atoms with Crippen molar-refractivity contribution in [2.24, 2.45) is 5.92 Å². The third-order valence-electron chi connectivity index (χ3n) is 1.74. The standard InChI is InChI=1S/C8H8O5S/c1-13-6-4-2-3-5(8(9)10)7(6)14(11)12/h2-5H,1H3,(H,9,10). The van der Waals surface area contributed by atoms with Crippen molar-refractivity contribution in [1.82, 2.24) is 0 Å². The lowest BCUT2D eigenvalue weighted by Crippen LogP contribution is -2.26. The number of aliphatic carboxylic acids is 1. The van der Waals surface area contributed by atoms with Gasteiger partial charge in [-0.3, -0.25) is 4.79 Å². The number of rotatable bonds is 2. The summed E-state index contributed by atoms with van der Waals surface area (Å²) >= 11 is 0. The number of allylic oxidation sites excluding steroid dienone is 3. The van der Waals surface area contributed by atoms with Gasteiger partial charge in [-0.2, -0.15) is 8.42 Å². The molecule has 1 rings (SSSR count). The van der Waals surface area contributed by atoms with E-state index in [2.05, 4.69) is 0 Å².